The summed E-state index contributed by atoms with van der Waals surface area (Å²) in [5, 5.41) is 4.91. The maximum atomic E-state index is 10.9. The molecule has 0 aliphatic heterocycles. The second-order valence-electron chi connectivity index (χ2n) is 3.19. The van der Waals surface area contributed by atoms with Crippen molar-refractivity contribution in [3.8, 4) is 5.88 Å². The van der Waals surface area contributed by atoms with E-state index < -0.39 is 10.0 Å². The Balaban J connectivity index is 2.16. The van der Waals surface area contributed by atoms with Crippen molar-refractivity contribution in [3.05, 3.63) is 18.3 Å². The van der Waals surface area contributed by atoms with E-state index in [1.54, 1.807) is 0 Å². The maximum absolute atomic E-state index is 10.9. The number of sulfonamides is 1. The summed E-state index contributed by atoms with van der Waals surface area (Å²) in [5.74, 6) is 0.444. The molecule has 0 unspecified atom stereocenters. The largest absolute Gasteiger partial charge is 0.474 e. The SMILES string of the molecule is NS(=O)(=O)c1ccc(OC2CC2)nc1. The van der Waals surface area contributed by atoms with Gasteiger partial charge in [0.1, 0.15) is 11.0 Å². The van der Waals surface area contributed by atoms with Crippen LogP contribution >= 0.6 is 0 Å². The van der Waals surface area contributed by atoms with Gasteiger partial charge in [0.25, 0.3) is 0 Å². The van der Waals surface area contributed by atoms with Gasteiger partial charge >= 0.3 is 0 Å². The Morgan fingerprint density at radius 2 is 2.14 bits per heavy atom. The molecular weight excluding hydrogens is 204 g/mol. The van der Waals surface area contributed by atoms with E-state index in [-0.39, 0.29) is 11.0 Å². The van der Waals surface area contributed by atoms with Gasteiger partial charge in [0, 0.05) is 6.07 Å². The maximum Gasteiger partial charge on any atom is 0.239 e. The highest BCUT2D eigenvalue weighted by Gasteiger charge is 2.24. The zero-order chi connectivity index (χ0) is 10.2. The molecular formula is C8H10N2O3S. The molecule has 76 valence electrons. The number of ether oxygens (including phenoxy) is 1. The van der Waals surface area contributed by atoms with E-state index in [1.807, 2.05) is 0 Å². The van der Waals surface area contributed by atoms with Gasteiger partial charge in [-0.3, -0.25) is 0 Å². The van der Waals surface area contributed by atoms with Crippen LogP contribution in [0.3, 0.4) is 0 Å². The van der Waals surface area contributed by atoms with Crippen LogP contribution in [0.4, 0.5) is 0 Å². The number of pyridine rings is 1. The molecule has 2 rings (SSSR count). The molecule has 1 aromatic heterocycles. The Bertz CT molecular complexity index is 422. The van der Waals surface area contributed by atoms with Crippen LogP contribution in [0.5, 0.6) is 5.88 Å². The number of rotatable bonds is 3. The van der Waals surface area contributed by atoms with Gasteiger partial charge in [-0.2, -0.15) is 0 Å². The lowest BCUT2D eigenvalue weighted by atomic mass is 10.5. The average molecular weight is 214 g/mol. The van der Waals surface area contributed by atoms with Crippen LogP contribution < -0.4 is 9.88 Å². The third kappa shape index (κ3) is 2.21. The van der Waals surface area contributed by atoms with Gasteiger partial charge in [0.15, 0.2) is 0 Å². The molecule has 1 aliphatic rings. The van der Waals surface area contributed by atoms with Gasteiger partial charge in [0.2, 0.25) is 15.9 Å². The topological polar surface area (TPSA) is 82.3 Å². The average Bonchev–Trinajstić information content (AvgIpc) is 2.88. The normalized spacial score (nSPS) is 16.6. The number of nitrogens with two attached hydrogens (primary N) is 1. The third-order valence-electron chi connectivity index (χ3n) is 1.85. The molecule has 1 fully saturated rings. The summed E-state index contributed by atoms with van der Waals surface area (Å²) in [6.45, 7) is 0. The van der Waals surface area contributed by atoms with Gasteiger partial charge in [-0.05, 0) is 18.9 Å². The Kier molecular flexibility index (Phi) is 2.16. The molecule has 2 N–H and O–H groups in total. The summed E-state index contributed by atoms with van der Waals surface area (Å²) >= 11 is 0. The summed E-state index contributed by atoms with van der Waals surface area (Å²) in [7, 11) is -3.65. The van der Waals surface area contributed by atoms with Gasteiger partial charge in [-0.25, -0.2) is 18.5 Å². The first-order valence-corrected chi connectivity index (χ1v) is 5.76. The van der Waals surface area contributed by atoms with Gasteiger partial charge < -0.3 is 4.74 Å². The molecule has 6 heteroatoms. The first kappa shape index (κ1) is 9.42. The zero-order valence-corrected chi connectivity index (χ0v) is 8.20. The predicted octanol–water partition coefficient (Wildman–Crippen LogP) is 0.270. The predicted molar refractivity (Wildman–Crippen MR) is 49.3 cm³/mol. The Hall–Kier alpha value is -1.14. The number of primary sulfonamides is 1. The van der Waals surface area contributed by atoms with Crippen molar-refractivity contribution in [1.29, 1.82) is 0 Å². The van der Waals surface area contributed by atoms with Crippen LogP contribution in [0.15, 0.2) is 23.2 Å². The van der Waals surface area contributed by atoms with Crippen LogP contribution in [-0.2, 0) is 10.0 Å². The van der Waals surface area contributed by atoms with E-state index in [9.17, 15) is 8.42 Å². The van der Waals surface area contributed by atoms with Crippen LogP contribution in [0, 0.1) is 0 Å². The lowest BCUT2D eigenvalue weighted by Crippen LogP contribution is -2.12. The van der Waals surface area contributed by atoms with E-state index in [2.05, 4.69) is 4.98 Å². The highest BCUT2D eigenvalue weighted by molar-refractivity contribution is 7.89. The van der Waals surface area contributed by atoms with Gasteiger partial charge in [-0.15, -0.1) is 0 Å². The quantitative estimate of drug-likeness (QED) is 0.783. The molecule has 0 saturated heterocycles. The Labute approximate surface area is 82.0 Å². The molecule has 1 saturated carbocycles. The summed E-state index contributed by atoms with van der Waals surface area (Å²) in [6.07, 6.45) is 3.53. The third-order valence-corrected chi connectivity index (χ3v) is 2.75. The Morgan fingerprint density at radius 1 is 1.43 bits per heavy atom. The number of nitrogens with zero attached hydrogens (tertiary/aromatic N) is 1. The van der Waals surface area contributed by atoms with Crippen LogP contribution in [0.2, 0.25) is 0 Å². The summed E-state index contributed by atoms with van der Waals surface area (Å²) in [5.41, 5.74) is 0. The summed E-state index contributed by atoms with van der Waals surface area (Å²) in [4.78, 5) is 3.84. The summed E-state index contributed by atoms with van der Waals surface area (Å²) in [6, 6.07) is 2.90. The van der Waals surface area contributed by atoms with E-state index >= 15 is 0 Å². The van der Waals surface area contributed by atoms with Crippen molar-refractivity contribution in [2.45, 2.75) is 23.8 Å². The Morgan fingerprint density at radius 3 is 2.57 bits per heavy atom. The van der Waals surface area contributed by atoms with Crippen molar-refractivity contribution in [1.82, 2.24) is 4.98 Å². The molecule has 1 aliphatic carbocycles. The minimum Gasteiger partial charge on any atom is -0.474 e. The lowest BCUT2D eigenvalue weighted by molar-refractivity contribution is 0.290. The van der Waals surface area contributed by atoms with Crippen molar-refractivity contribution in [3.63, 3.8) is 0 Å². The lowest BCUT2D eigenvalue weighted by Gasteiger charge is -2.02. The molecule has 0 bridgehead atoms. The second-order valence-corrected chi connectivity index (χ2v) is 4.76. The van der Waals surface area contributed by atoms with Crippen molar-refractivity contribution < 1.29 is 13.2 Å². The van der Waals surface area contributed by atoms with Crippen LogP contribution in [0.1, 0.15) is 12.8 Å². The van der Waals surface area contributed by atoms with Gasteiger partial charge in [-0.1, -0.05) is 0 Å². The van der Waals surface area contributed by atoms with Crippen LogP contribution in [-0.4, -0.2) is 19.5 Å². The van der Waals surface area contributed by atoms with Crippen molar-refractivity contribution >= 4 is 10.0 Å². The highest BCUT2D eigenvalue weighted by Crippen LogP contribution is 2.25. The van der Waals surface area contributed by atoms with E-state index in [1.165, 1.54) is 18.3 Å². The number of hydrogen-bond acceptors (Lipinski definition) is 4. The molecule has 0 atom stereocenters. The molecule has 0 aromatic carbocycles. The smallest absolute Gasteiger partial charge is 0.239 e. The number of hydrogen-bond donors (Lipinski definition) is 1. The highest BCUT2D eigenvalue weighted by atomic mass is 32.2. The molecule has 14 heavy (non-hydrogen) atoms. The van der Waals surface area contributed by atoms with E-state index in [0.29, 0.717) is 5.88 Å². The standard InChI is InChI=1S/C8H10N2O3S/c9-14(11,12)7-3-4-8(10-5-7)13-6-1-2-6/h3-6H,1-2H2,(H2,9,11,12). The molecule has 0 amide bonds. The fraction of sp³-hybridized carbons (Fsp3) is 0.375. The first-order valence-electron chi connectivity index (χ1n) is 4.21. The van der Waals surface area contributed by atoms with Crippen LogP contribution in [0.25, 0.3) is 0 Å². The molecule has 1 heterocycles. The fourth-order valence-electron chi connectivity index (χ4n) is 0.961. The molecule has 1 aromatic rings. The minimum atomic E-state index is -3.65. The molecule has 0 radical (unpaired) electrons. The molecule has 5 nitrogen and oxygen atoms in total. The number of aromatic nitrogens is 1. The first-order chi connectivity index (χ1) is 6.55. The van der Waals surface area contributed by atoms with Gasteiger partial charge in [0.05, 0.1) is 6.20 Å². The summed E-state index contributed by atoms with van der Waals surface area (Å²) < 4.78 is 27.1. The fourth-order valence-corrected chi connectivity index (χ4v) is 1.42. The van der Waals surface area contributed by atoms with E-state index in [4.69, 9.17) is 9.88 Å². The van der Waals surface area contributed by atoms with Crippen molar-refractivity contribution in [2.75, 3.05) is 0 Å². The molecule has 0 spiro atoms. The zero-order valence-electron chi connectivity index (χ0n) is 7.38. The second kappa shape index (κ2) is 3.21. The van der Waals surface area contributed by atoms with E-state index in [0.717, 1.165) is 12.8 Å². The monoisotopic (exact) mass is 214 g/mol. The minimum absolute atomic E-state index is 0.000599. The van der Waals surface area contributed by atoms with Crippen molar-refractivity contribution in [2.24, 2.45) is 5.14 Å².